The molecule has 3 atom stereocenters. The molecule has 2 bridgehead atoms. The van der Waals surface area contributed by atoms with Crippen LogP contribution in [0.15, 0.2) is 28.5 Å². The Hall–Kier alpha value is -0.490. The quantitative estimate of drug-likeness (QED) is 0.472. The van der Waals surface area contributed by atoms with Crippen LogP contribution in [-0.2, 0) is 9.53 Å². The Bertz CT molecular complexity index is 574. The van der Waals surface area contributed by atoms with Gasteiger partial charge in [0, 0.05) is 6.04 Å². The molecule has 2 aliphatic carbocycles. The third-order valence-electron chi connectivity index (χ3n) is 4.63. The SMILES string of the molecule is CCOC(=O)C12CC=CCC(CC1)C2NSc1ccc(Cl)s1. The molecule has 0 amide bonds. The summed E-state index contributed by atoms with van der Waals surface area (Å²) >= 11 is 9.13. The zero-order valence-electron chi connectivity index (χ0n) is 12.5. The number of hydrogen-bond donors (Lipinski definition) is 1. The zero-order valence-corrected chi connectivity index (χ0v) is 14.9. The van der Waals surface area contributed by atoms with Gasteiger partial charge in [-0.15, -0.1) is 11.3 Å². The summed E-state index contributed by atoms with van der Waals surface area (Å²) in [6.45, 7) is 2.31. The van der Waals surface area contributed by atoms with Gasteiger partial charge in [-0.05, 0) is 62.6 Å². The summed E-state index contributed by atoms with van der Waals surface area (Å²) in [6, 6.07) is 4.06. The minimum absolute atomic E-state index is 0.0497. The van der Waals surface area contributed by atoms with Gasteiger partial charge < -0.3 is 4.74 Å². The number of fused-ring (bicyclic) bond motifs is 2. The third kappa shape index (κ3) is 3.09. The first-order chi connectivity index (χ1) is 10.7. The van der Waals surface area contributed by atoms with Crippen molar-refractivity contribution in [3.8, 4) is 0 Å². The molecule has 0 radical (unpaired) electrons. The van der Waals surface area contributed by atoms with Gasteiger partial charge in [0.25, 0.3) is 0 Å². The van der Waals surface area contributed by atoms with Crippen LogP contribution in [0.1, 0.15) is 32.6 Å². The highest BCUT2D eigenvalue weighted by atomic mass is 35.5. The Kier molecular flexibility index (Phi) is 5.17. The van der Waals surface area contributed by atoms with Gasteiger partial charge in [0.15, 0.2) is 0 Å². The molecule has 0 saturated heterocycles. The van der Waals surface area contributed by atoms with Crippen molar-refractivity contribution in [1.82, 2.24) is 4.72 Å². The second-order valence-electron chi connectivity index (χ2n) is 5.84. The fourth-order valence-corrected chi connectivity index (χ4v) is 5.83. The van der Waals surface area contributed by atoms with E-state index in [0.29, 0.717) is 12.5 Å². The minimum Gasteiger partial charge on any atom is -0.466 e. The van der Waals surface area contributed by atoms with Crippen LogP contribution in [0.4, 0.5) is 0 Å². The number of hydrogen-bond acceptors (Lipinski definition) is 5. The molecule has 3 nitrogen and oxygen atoms in total. The fraction of sp³-hybridized carbons (Fsp3) is 0.562. The van der Waals surface area contributed by atoms with Gasteiger partial charge in [0.05, 0.1) is 20.6 Å². The molecule has 1 N–H and O–H groups in total. The average Bonchev–Trinajstić information content (AvgIpc) is 2.98. The molecule has 1 aromatic rings. The number of carbonyl (C=O) groups excluding carboxylic acids is 1. The highest BCUT2D eigenvalue weighted by molar-refractivity contribution is 7.99. The molecule has 1 heterocycles. The minimum atomic E-state index is -0.415. The van der Waals surface area contributed by atoms with Crippen LogP contribution in [-0.4, -0.2) is 18.6 Å². The summed E-state index contributed by atoms with van der Waals surface area (Å²) in [5, 5.41) is 0. The predicted octanol–water partition coefficient (Wildman–Crippen LogP) is 4.68. The molecule has 120 valence electrons. The van der Waals surface area contributed by atoms with Crippen LogP contribution >= 0.6 is 34.9 Å². The molecule has 1 fully saturated rings. The maximum Gasteiger partial charge on any atom is 0.314 e. The van der Waals surface area contributed by atoms with Crippen LogP contribution in [0.5, 0.6) is 0 Å². The van der Waals surface area contributed by atoms with E-state index >= 15 is 0 Å². The van der Waals surface area contributed by atoms with Gasteiger partial charge in [0.1, 0.15) is 0 Å². The molecule has 0 spiro atoms. The Morgan fingerprint density at radius 3 is 3.14 bits per heavy atom. The van der Waals surface area contributed by atoms with Crippen LogP contribution in [0.25, 0.3) is 0 Å². The molecular formula is C16H20ClNO2S2. The van der Waals surface area contributed by atoms with Crippen molar-refractivity contribution in [1.29, 1.82) is 0 Å². The van der Waals surface area contributed by atoms with Crippen molar-refractivity contribution >= 4 is 40.9 Å². The number of esters is 1. The summed E-state index contributed by atoms with van der Waals surface area (Å²) in [6.07, 6.45) is 8.15. The molecule has 2 aliphatic rings. The predicted molar refractivity (Wildman–Crippen MR) is 92.3 cm³/mol. The molecule has 0 aromatic carbocycles. The number of ether oxygens (including phenoxy) is 1. The second kappa shape index (κ2) is 6.95. The molecular weight excluding hydrogens is 338 g/mol. The van der Waals surface area contributed by atoms with E-state index < -0.39 is 5.41 Å². The van der Waals surface area contributed by atoms with Gasteiger partial charge in [0.2, 0.25) is 0 Å². The zero-order chi connectivity index (χ0) is 15.6. The number of thiophene rings is 1. The maximum atomic E-state index is 12.6. The van der Waals surface area contributed by atoms with E-state index in [2.05, 4.69) is 16.9 Å². The van der Waals surface area contributed by atoms with Gasteiger partial charge in [-0.3, -0.25) is 9.52 Å². The van der Waals surface area contributed by atoms with E-state index in [9.17, 15) is 4.79 Å². The van der Waals surface area contributed by atoms with Crippen LogP contribution in [0.2, 0.25) is 4.34 Å². The highest BCUT2D eigenvalue weighted by Gasteiger charge is 2.54. The topological polar surface area (TPSA) is 38.3 Å². The van der Waals surface area contributed by atoms with E-state index in [4.69, 9.17) is 16.3 Å². The lowest BCUT2D eigenvalue weighted by molar-refractivity contribution is -0.156. The van der Waals surface area contributed by atoms with E-state index in [1.165, 1.54) is 0 Å². The number of allylic oxidation sites excluding steroid dienone is 2. The normalized spacial score (nSPS) is 30.3. The molecule has 3 rings (SSSR count). The van der Waals surface area contributed by atoms with Crippen molar-refractivity contribution in [3.05, 3.63) is 28.6 Å². The van der Waals surface area contributed by atoms with Crippen molar-refractivity contribution in [2.24, 2.45) is 11.3 Å². The first-order valence-electron chi connectivity index (χ1n) is 7.65. The summed E-state index contributed by atoms with van der Waals surface area (Å²) in [4.78, 5) is 12.6. The average molecular weight is 358 g/mol. The van der Waals surface area contributed by atoms with E-state index in [1.54, 1.807) is 23.3 Å². The standard InChI is InChI=1S/C16H20ClNO2S2/c1-2-20-15(19)16-9-4-3-5-11(8-10-16)14(16)18-22-13-7-6-12(17)21-13/h3-4,6-7,11,14,18H,2,5,8-10H2,1H3. The van der Waals surface area contributed by atoms with Gasteiger partial charge in [-0.2, -0.15) is 0 Å². The van der Waals surface area contributed by atoms with Crippen molar-refractivity contribution < 1.29 is 9.53 Å². The molecule has 0 aliphatic heterocycles. The first-order valence-corrected chi connectivity index (χ1v) is 9.67. The number of halogens is 1. The summed E-state index contributed by atoms with van der Waals surface area (Å²) in [5.41, 5.74) is -0.415. The van der Waals surface area contributed by atoms with Gasteiger partial charge in [-0.1, -0.05) is 23.8 Å². The van der Waals surface area contributed by atoms with Crippen molar-refractivity contribution in [3.63, 3.8) is 0 Å². The van der Waals surface area contributed by atoms with Crippen LogP contribution in [0.3, 0.4) is 0 Å². The molecule has 1 aromatic heterocycles. The summed E-state index contributed by atoms with van der Waals surface area (Å²) in [5.74, 6) is 0.442. The number of rotatable bonds is 5. The van der Waals surface area contributed by atoms with Crippen molar-refractivity contribution in [2.45, 2.75) is 42.9 Å². The van der Waals surface area contributed by atoms with Gasteiger partial charge in [-0.25, -0.2) is 0 Å². The fourth-order valence-electron chi connectivity index (χ4n) is 3.53. The van der Waals surface area contributed by atoms with E-state index in [0.717, 1.165) is 34.2 Å². The molecule has 6 heteroatoms. The van der Waals surface area contributed by atoms with Crippen LogP contribution < -0.4 is 4.72 Å². The Morgan fingerprint density at radius 2 is 2.41 bits per heavy atom. The third-order valence-corrected chi connectivity index (χ3v) is 6.87. The van der Waals surface area contributed by atoms with Crippen LogP contribution in [0, 0.1) is 11.3 Å². The lowest BCUT2D eigenvalue weighted by atomic mass is 9.79. The largest absolute Gasteiger partial charge is 0.466 e. The molecule has 22 heavy (non-hydrogen) atoms. The molecule has 3 unspecified atom stereocenters. The number of carbonyl (C=O) groups is 1. The Labute approximate surface area is 144 Å². The second-order valence-corrected chi connectivity index (χ2v) is 8.70. The maximum absolute atomic E-state index is 12.6. The Balaban J connectivity index is 1.78. The van der Waals surface area contributed by atoms with E-state index in [-0.39, 0.29) is 12.0 Å². The molecule has 1 saturated carbocycles. The Morgan fingerprint density at radius 1 is 1.55 bits per heavy atom. The number of nitrogens with one attached hydrogen (secondary N) is 1. The summed E-state index contributed by atoms with van der Waals surface area (Å²) in [7, 11) is 0. The van der Waals surface area contributed by atoms with Gasteiger partial charge >= 0.3 is 5.97 Å². The van der Waals surface area contributed by atoms with Crippen molar-refractivity contribution in [2.75, 3.05) is 6.61 Å². The highest BCUT2D eigenvalue weighted by Crippen LogP contribution is 2.50. The van der Waals surface area contributed by atoms with E-state index in [1.807, 2.05) is 19.1 Å². The first kappa shape index (κ1) is 16.4. The monoisotopic (exact) mass is 357 g/mol. The smallest absolute Gasteiger partial charge is 0.314 e. The lowest BCUT2D eigenvalue weighted by Crippen LogP contribution is -2.47. The summed E-state index contributed by atoms with van der Waals surface area (Å²) < 4.78 is 10.9. The lowest BCUT2D eigenvalue weighted by Gasteiger charge is -2.33.